The molecule has 0 aliphatic rings. The lowest BCUT2D eigenvalue weighted by molar-refractivity contribution is 0.247. The molecule has 26 heavy (non-hydrogen) atoms. The lowest BCUT2D eigenvalue weighted by atomic mass is 10.3. The number of hydrogen-bond donors (Lipinski definition) is 3. The molecule has 3 aromatic rings. The number of carbonyl (C=O) groups excluding carboxylic acids is 1. The Morgan fingerprint density at radius 2 is 2.27 bits per heavy atom. The molecule has 0 radical (unpaired) electrons. The summed E-state index contributed by atoms with van der Waals surface area (Å²) in [5.74, 6) is 1.22. The lowest BCUT2D eigenvalue weighted by Crippen LogP contribution is -2.28. The highest BCUT2D eigenvalue weighted by Crippen LogP contribution is 2.27. The number of nitrogens with one attached hydrogen (secondary N) is 2. The second kappa shape index (κ2) is 8.77. The topological polar surface area (TPSA) is 118 Å². The van der Waals surface area contributed by atoms with Crippen molar-refractivity contribution in [1.82, 2.24) is 20.6 Å². The number of nitrogens with zero attached hydrogens (tertiary/aromatic N) is 3. The van der Waals surface area contributed by atoms with E-state index in [1.54, 1.807) is 24.7 Å². The third-order valence-corrected chi connectivity index (χ3v) is 4.11. The van der Waals surface area contributed by atoms with Crippen LogP contribution in [-0.4, -0.2) is 28.9 Å². The highest BCUT2D eigenvalue weighted by Gasteiger charge is 2.09. The molecule has 0 saturated carbocycles. The minimum Gasteiger partial charge on any atom is -0.458 e. The van der Waals surface area contributed by atoms with Crippen molar-refractivity contribution < 1.29 is 9.21 Å². The molecule has 0 saturated heterocycles. The smallest absolute Gasteiger partial charge is 0.312 e. The molecule has 0 aliphatic heterocycles. The zero-order valence-corrected chi connectivity index (χ0v) is 14.7. The van der Waals surface area contributed by atoms with E-state index in [4.69, 9.17) is 10.2 Å². The largest absolute Gasteiger partial charge is 0.458 e. The first-order chi connectivity index (χ1) is 12.7. The minimum atomic E-state index is -0.594. The molecule has 134 valence electrons. The highest BCUT2D eigenvalue weighted by molar-refractivity contribution is 7.13. The number of primary amides is 1. The number of pyridine rings is 1. The van der Waals surface area contributed by atoms with Crippen molar-refractivity contribution in [3.8, 4) is 11.5 Å². The molecule has 0 spiro atoms. The van der Waals surface area contributed by atoms with E-state index in [0.29, 0.717) is 22.3 Å². The quantitative estimate of drug-likeness (QED) is 0.320. The third kappa shape index (κ3) is 5.15. The van der Waals surface area contributed by atoms with E-state index in [2.05, 4.69) is 25.6 Å². The summed E-state index contributed by atoms with van der Waals surface area (Å²) in [5, 5.41) is 8.09. The van der Waals surface area contributed by atoms with Gasteiger partial charge in [-0.15, -0.1) is 11.3 Å². The van der Waals surface area contributed by atoms with Gasteiger partial charge in [0, 0.05) is 30.2 Å². The molecule has 0 aromatic carbocycles. The lowest BCUT2D eigenvalue weighted by Gasteiger charge is -1.99. The van der Waals surface area contributed by atoms with Gasteiger partial charge >= 0.3 is 6.03 Å². The van der Waals surface area contributed by atoms with Gasteiger partial charge in [-0.05, 0) is 24.3 Å². The summed E-state index contributed by atoms with van der Waals surface area (Å²) in [6, 6.07) is 8.83. The molecule has 0 fully saturated rings. The van der Waals surface area contributed by atoms with Crippen LogP contribution in [0.3, 0.4) is 0 Å². The van der Waals surface area contributed by atoms with Gasteiger partial charge in [0.15, 0.2) is 5.76 Å². The van der Waals surface area contributed by atoms with Crippen LogP contribution < -0.4 is 16.4 Å². The molecule has 3 heterocycles. The number of nitrogens with two attached hydrogens (primary N) is 1. The van der Waals surface area contributed by atoms with Gasteiger partial charge in [0.05, 0.1) is 12.9 Å². The molecule has 0 atom stereocenters. The molecule has 8 nitrogen and oxygen atoms in total. The molecule has 0 aliphatic carbocycles. The molecule has 3 rings (SSSR count). The zero-order chi connectivity index (χ0) is 18.2. The summed E-state index contributed by atoms with van der Waals surface area (Å²) in [6.07, 6.45) is 4.24. The summed E-state index contributed by atoms with van der Waals surface area (Å²) in [6.45, 7) is 0.984. The van der Waals surface area contributed by atoms with Crippen LogP contribution in [0.4, 0.5) is 9.93 Å². The molecular weight excluding hydrogens is 352 g/mol. The molecule has 0 bridgehead atoms. The Kier molecular flexibility index (Phi) is 5.94. The summed E-state index contributed by atoms with van der Waals surface area (Å²) >= 11 is 1.42. The fraction of sp³-hybridized carbons (Fsp3) is 0.176. The summed E-state index contributed by atoms with van der Waals surface area (Å²) in [4.78, 5) is 23.7. The van der Waals surface area contributed by atoms with Gasteiger partial charge in [-0.3, -0.25) is 4.98 Å². The predicted octanol–water partition coefficient (Wildman–Crippen LogP) is 2.46. The Labute approximate surface area is 154 Å². The van der Waals surface area contributed by atoms with Gasteiger partial charge in [-0.2, -0.15) is 0 Å². The first kappa shape index (κ1) is 17.6. The number of rotatable bonds is 8. The van der Waals surface area contributed by atoms with E-state index in [9.17, 15) is 4.79 Å². The Morgan fingerprint density at radius 3 is 3.08 bits per heavy atom. The Balaban J connectivity index is 1.49. The first-order valence-electron chi connectivity index (χ1n) is 7.94. The zero-order valence-electron chi connectivity index (χ0n) is 13.9. The highest BCUT2D eigenvalue weighted by atomic mass is 32.1. The fourth-order valence-corrected chi connectivity index (χ4v) is 2.78. The first-order valence-corrected chi connectivity index (χ1v) is 8.82. The maximum absolute atomic E-state index is 10.7. The molecule has 2 amide bonds. The van der Waals surface area contributed by atoms with Crippen molar-refractivity contribution in [2.45, 2.75) is 13.0 Å². The number of amides is 2. The van der Waals surface area contributed by atoms with E-state index >= 15 is 0 Å². The second-order valence-corrected chi connectivity index (χ2v) is 6.12. The predicted molar refractivity (Wildman–Crippen MR) is 100 cm³/mol. The molecule has 9 heteroatoms. The number of furan rings is 1. The number of urea groups is 1. The maximum atomic E-state index is 10.7. The van der Waals surface area contributed by atoms with Gasteiger partial charge in [0.1, 0.15) is 11.5 Å². The normalized spacial score (nSPS) is 10.9. The Morgan fingerprint density at radius 1 is 1.35 bits per heavy atom. The van der Waals surface area contributed by atoms with E-state index in [0.717, 1.165) is 18.7 Å². The average molecular weight is 370 g/mol. The van der Waals surface area contributed by atoms with Crippen molar-refractivity contribution >= 4 is 28.8 Å². The standard InChI is InChI=1S/C17H18N6O2S/c18-16(24)21-9-13-4-5-15(25-13)14-10-26-17(23-14)22-11-19-8-6-12-3-1-2-7-20-12/h1-5,7,10-11H,6,8-9H2,(H3,18,21,24)(H,19,22,23). The van der Waals surface area contributed by atoms with Crippen LogP contribution in [0.5, 0.6) is 0 Å². The number of aromatic nitrogens is 2. The van der Waals surface area contributed by atoms with Gasteiger partial charge in [-0.25, -0.2) is 14.8 Å². The van der Waals surface area contributed by atoms with Gasteiger partial charge in [0.25, 0.3) is 0 Å². The molecule has 4 N–H and O–H groups in total. The van der Waals surface area contributed by atoms with Crippen molar-refractivity contribution in [2.24, 2.45) is 10.7 Å². The van der Waals surface area contributed by atoms with Crippen molar-refractivity contribution in [3.63, 3.8) is 0 Å². The minimum absolute atomic E-state index is 0.241. The molecule has 3 aromatic heterocycles. The summed E-state index contributed by atoms with van der Waals surface area (Å²) in [5.41, 5.74) is 6.76. The van der Waals surface area contributed by atoms with Crippen LogP contribution in [0.2, 0.25) is 0 Å². The van der Waals surface area contributed by atoms with Gasteiger partial charge in [0.2, 0.25) is 5.13 Å². The number of hydrogen-bond acceptors (Lipinski definition) is 6. The van der Waals surface area contributed by atoms with E-state index in [1.165, 1.54) is 11.3 Å². The van der Waals surface area contributed by atoms with Crippen LogP contribution >= 0.6 is 11.3 Å². The van der Waals surface area contributed by atoms with Crippen molar-refractivity contribution in [3.05, 3.63) is 53.4 Å². The second-order valence-electron chi connectivity index (χ2n) is 5.28. The summed E-state index contributed by atoms with van der Waals surface area (Å²) < 4.78 is 5.62. The van der Waals surface area contributed by atoms with Gasteiger partial charge < -0.3 is 20.8 Å². The number of aliphatic imine (C=N–C) groups is 1. The van der Waals surface area contributed by atoms with Crippen LogP contribution in [0.1, 0.15) is 11.5 Å². The van der Waals surface area contributed by atoms with Gasteiger partial charge in [-0.1, -0.05) is 6.07 Å². The van der Waals surface area contributed by atoms with Crippen LogP contribution in [0.25, 0.3) is 11.5 Å². The third-order valence-electron chi connectivity index (χ3n) is 3.36. The van der Waals surface area contributed by atoms with Crippen LogP contribution in [0.15, 0.2) is 51.3 Å². The molecular formula is C17H18N6O2S. The van der Waals surface area contributed by atoms with Crippen molar-refractivity contribution in [1.29, 1.82) is 0 Å². The van der Waals surface area contributed by atoms with Crippen LogP contribution in [-0.2, 0) is 13.0 Å². The van der Waals surface area contributed by atoms with Crippen LogP contribution in [0, 0.1) is 0 Å². The Hall–Kier alpha value is -3.20. The monoisotopic (exact) mass is 370 g/mol. The van der Waals surface area contributed by atoms with E-state index < -0.39 is 6.03 Å². The number of thiazole rings is 1. The number of carbonyl (C=O) groups is 1. The summed E-state index contributed by atoms with van der Waals surface area (Å²) in [7, 11) is 0. The van der Waals surface area contributed by atoms with Crippen molar-refractivity contribution in [2.75, 3.05) is 6.54 Å². The maximum Gasteiger partial charge on any atom is 0.312 e. The van der Waals surface area contributed by atoms with E-state index in [1.807, 2.05) is 23.6 Å². The fourth-order valence-electron chi connectivity index (χ4n) is 2.13. The SMILES string of the molecule is NC(=O)NCc1ccc(-c2csc(N=CNCCc3ccccn3)n2)o1. The average Bonchev–Trinajstić information content (AvgIpc) is 3.30. The Bertz CT molecular complexity index is 874. The van der Waals surface area contributed by atoms with E-state index in [-0.39, 0.29) is 6.54 Å². The molecule has 0 unspecified atom stereocenters.